The van der Waals surface area contributed by atoms with Crippen LogP contribution in [0.5, 0.6) is 0 Å². The van der Waals surface area contributed by atoms with E-state index >= 15 is 0 Å². The predicted octanol–water partition coefficient (Wildman–Crippen LogP) is 5.54. The number of rotatable bonds is 5. The van der Waals surface area contributed by atoms with Crippen molar-refractivity contribution in [2.24, 2.45) is 0 Å². The molecule has 7 heteroatoms. The average molecular weight is 545 g/mol. The maximum atomic E-state index is 8.93. The summed E-state index contributed by atoms with van der Waals surface area (Å²) in [7, 11) is 0. The second-order valence-electron chi connectivity index (χ2n) is 11.8. The van der Waals surface area contributed by atoms with Crippen molar-refractivity contribution in [1.82, 2.24) is 19.9 Å². The van der Waals surface area contributed by atoms with Crippen molar-refractivity contribution >= 4 is 11.5 Å². The van der Waals surface area contributed by atoms with Crippen molar-refractivity contribution in [3.05, 3.63) is 94.6 Å². The molecule has 5 heterocycles. The van der Waals surface area contributed by atoms with E-state index in [9.17, 15) is 0 Å². The standard InChI is InChI=1S/C34H36N6O/c1-20-3-4-21(2)39-33(20)25-9-12-31(37-16-25)32(35)30-14-26(17-38-34(30)36)24-6-5-22-7-10-27(11-8-23(22)13-24)40-28-15-29(40)19-41-18-28/h3-6,9,12-14,16-17,27-29,35H,7-8,10-11,15,18-19H2,1-2H3,(H2,36,38). The van der Waals surface area contributed by atoms with Gasteiger partial charge in [-0.05, 0) is 92.5 Å². The van der Waals surface area contributed by atoms with Gasteiger partial charge in [-0.25, -0.2) is 4.98 Å². The van der Waals surface area contributed by atoms with E-state index in [-0.39, 0.29) is 5.71 Å². The van der Waals surface area contributed by atoms with Crippen LogP contribution in [0.2, 0.25) is 0 Å². The quantitative estimate of drug-likeness (QED) is 0.253. The average Bonchev–Trinajstić information content (AvgIpc) is 3.21. The molecule has 3 aromatic heterocycles. The minimum absolute atomic E-state index is 0.263. The van der Waals surface area contributed by atoms with E-state index in [0.29, 0.717) is 35.2 Å². The third kappa shape index (κ3) is 4.83. The van der Waals surface area contributed by atoms with Crippen molar-refractivity contribution in [2.45, 2.75) is 64.1 Å². The number of ether oxygens (including phenoxy) is 1. The van der Waals surface area contributed by atoms with Crippen LogP contribution in [0.1, 0.15) is 52.9 Å². The summed E-state index contributed by atoms with van der Waals surface area (Å²) in [6.07, 6.45) is 9.52. The summed E-state index contributed by atoms with van der Waals surface area (Å²) < 4.78 is 5.73. The number of hydrogen-bond acceptors (Lipinski definition) is 7. The van der Waals surface area contributed by atoms with Gasteiger partial charge in [-0.2, -0.15) is 0 Å². The number of aromatic nitrogens is 3. The molecular formula is C34H36N6O. The van der Waals surface area contributed by atoms with E-state index in [1.165, 1.54) is 30.4 Å². The lowest BCUT2D eigenvalue weighted by atomic mass is 9.87. The van der Waals surface area contributed by atoms with Gasteiger partial charge in [0.05, 0.1) is 30.3 Å². The lowest BCUT2D eigenvalue weighted by Gasteiger charge is -2.56. The zero-order valence-corrected chi connectivity index (χ0v) is 23.7. The minimum atomic E-state index is 0.263. The molecule has 3 N–H and O–H groups in total. The molecule has 2 bridgehead atoms. The first-order valence-corrected chi connectivity index (χ1v) is 14.7. The first-order chi connectivity index (χ1) is 19.9. The van der Waals surface area contributed by atoms with E-state index < -0.39 is 0 Å². The number of pyridine rings is 3. The van der Waals surface area contributed by atoms with Crippen LogP contribution in [-0.2, 0) is 17.6 Å². The highest BCUT2D eigenvalue weighted by Crippen LogP contribution is 2.38. The Morgan fingerprint density at radius 1 is 0.854 bits per heavy atom. The number of nitrogens with two attached hydrogens (primary N) is 1. The maximum absolute atomic E-state index is 8.93. The highest BCUT2D eigenvalue weighted by molar-refractivity contribution is 6.12. The molecule has 0 radical (unpaired) electrons. The Morgan fingerprint density at radius 3 is 2.37 bits per heavy atom. The molecule has 4 aromatic rings. The molecule has 7 rings (SSSR count). The third-order valence-corrected chi connectivity index (χ3v) is 9.18. The molecule has 2 aliphatic heterocycles. The van der Waals surface area contributed by atoms with Crippen LogP contribution in [0.3, 0.4) is 0 Å². The van der Waals surface area contributed by atoms with Gasteiger partial charge in [0.15, 0.2) is 0 Å². The van der Waals surface area contributed by atoms with Gasteiger partial charge < -0.3 is 10.5 Å². The third-order valence-electron chi connectivity index (χ3n) is 9.18. The number of nitrogens with zero attached hydrogens (tertiary/aromatic N) is 4. The zero-order valence-electron chi connectivity index (χ0n) is 23.7. The molecule has 3 atom stereocenters. The number of nitrogens with one attached hydrogen (secondary N) is 1. The van der Waals surface area contributed by atoms with Crippen LogP contribution >= 0.6 is 0 Å². The molecule has 1 aromatic carbocycles. The Hall–Kier alpha value is -3.94. The summed E-state index contributed by atoms with van der Waals surface area (Å²) in [4.78, 5) is 16.5. The number of aryl methyl sites for hydroxylation is 4. The molecule has 1 aliphatic carbocycles. The van der Waals surface area contributed by atoms with Crippen LogP contribution < -0.4 is 5.73 Å². The van der Waals surface area contributed by atoms with E-state index in [0.717, 1.165) is 59.7 Å². The summed E-state index contributed by atoms with van der Waals surface area (Å²) in [5.74, 6) is 0.336. The lowest BCUT2D eigenvalue weighted by molar-refractivity contribution is -0.148. The van der Waals surface area contributed by atoms with Gasteiger partial charge in [-0.3, -0.25) is 20.3 Å². The molecule has 0 spiro atoms. The normalized spacial score (nSPS) is 22.0. The smallest absolute Gasteiger partial charge is 0.132 e. The highest BCUT2D eigenvalue weighted by Gasteiger charge is 2.45. The van der Waals surface area contributed by atoms with Gasteiger partial charge >= 0.3 is 0 Å². The van der Waals surface area contributed by atoms with Gasteiger partial charge in [-0.1, -0.05) is 24.3 Å². The first kappa shape index (κ1) is 26.0. The Bertz CT molecular complexity index is 1620. The number of morpholine rings is 1. The van der Waals surface area contributed by atoms with Crippen molar-refractivity contribution in [3.63, 3.8) is 0 Å². The minimum Gasteiger partial charge on any atom is -0.383 e. The summed E-state index contributed by atoms with van der Waals surface area (Å²) in [5.41, 5.74) is 16.6. The van der Waals surface area contributed by atoms with E-state index in [1.807, 2.05) is 44.3 Å². The monoisotopic (exact) mass is 544 g/mol. The second kappa shape index (κ2) is 10.5. The van der Waals surface area contributed by atoms with Crippen LogP contribution in [0.15, 0.2) is 60.9 Å². The van der Waals surface area contributed by atoms with E-state index in [2.05, 4.69) is 44.1 Å². The topological polar surface area (TPSA) is 101 Å². The lowest BCUT2D eigenvalue weighted by Crippen LogP contribution is -2.66. The Kier molecular flexibility index (Phi) is 6.64. The van der Waals surface area contributed by atoms with Gasteiger partial charge in [-0.15, -0.1) is 0 Å². The van der Waals surface area contributed by atoms with Crippen LogP contribution in [0.4, 0.5) is 5.82 Å². The maximum Gasteiger partial charge on any atom is 0.132 e. The fourth-order valence-corrected chi connectivity index (χ4v) is 6.90. The molecule has 208 valence electrons. The predicted molar refractivity (Wildman–Crippen MR) is 162 cm³/mol. The fraction of sp³-hybridized carbons (Fsp3) is 0.353. The first-order valence-electron chi connectivity index (χ1n) is 14.7. The number of nitrogen functional groups attached to an aromatic ring is 1. The van der Waals surface area contributed by atoms with Gasteiger partial charge in [0, 0.05) is 52.9 Å². The molecule has 2 saturated heterocycles. The summed E-state index contributed by atoms with van der Waals surface area (Å²) in [6, 6.07) is 18.6. The van der Waals surface area contributed by atoms with Gasteiger partial charge in [0.1, 0.15) is 5.82 Å². The number of benzene rings is 1. The van der Waals surface area contributed by atoms with Crippen molar-refractivity contribution in [1.29, 1.82) is 5.41 Å². The molecule has 2 fully saturated rings. The van der Waals surface area contributed by atoms with Gasteiger partial charge in [0.2, 0.25) is 0 Å². The van der Waals surface area contributed by atoms with E-state index in [4.69, 9.17) is 15.9 Å². The highest BCUT2D eigenvalue weighted by atomic mass is 16.5. The fourth-order valence-electron chi connectivity index (χ4n) is 6.90. The molecule has 3 unspecified atom stereocenters. The van der Waals surface area contributed by atoms with Crippen LogP contribution in [0, 0.1) is 19.3 Å². The molecular weight excluding hydrogens is 508 g/mol. The molecule has 41 heavy (non-hydrogen) atoms. The summed E-state index contributed by atoms with van der Waals surface area (Å²) in [6.45, 7) is 5.82. The largest absolute Gasteiger partial charge is 0.383 e. The van der Waals surface area contributed by atoms with Gasteiger partial charge in [0.25, 0.3) is 0 Å². The zero-order chi connectivity index (χ0) is 28.1. The van der Waals surface area contributed by atoms with E-state index in [1.54, 1.807) is 6.20 Å². The van der Waals surface area contributed by atoms with Crippen molar-refractivity contribution in [3.8, 4) is 22.4 Å². The Morgan fingerprint density at radius 2 is 1.61 bits per heavy atom. The molecule has 7 nitrogen and oxygen atoms in total. The van der Waals surface area contributed by atoms with Crippen LogP contribution in [-0.4, -0.2) is 56.9 Å². The SMILES string of the molecule is Cc1ccc(C)c(-c2ccc(C(=N)c3cc(-c4ccc5c(c4)CCC(N4C6COCC4C6)CC5)cnc3N)nc2)n1. The Labute approximate surface area is 241 Å². The summed E-state index contributed by atoms with van der Waals surface area (Å²) in [5, 5.41) is 8.93. The second-order valence-corrected chi connectivity index (χ2v) is 11.8. The van der Waals surface area contributed by atoms with Crippen molar-refractivity contribution < 1.29 is 4.74 Å². The molecule has 3 aliphatic rings. The molecule has 0 saturated carbocycles. The van der Waals surface area contributed by atoms with Crippen molar-refractivity contribution in [2.75, 3.05) is 18.9 Å². The van der Waals surface area contributed by atoms with Crippen LogP contribution in [0.25, 0.3) is 22.4 Å². The number of hydrogen-bond donors (Lipinski definition) is 2. The molecule has 0 amide bonds. The number of fused-ring (bicyclic) bond motifs is 3. The summed E-state index contributed by atoms with van der Waals surface area (Å²) >= 11 is 0. The Balaban J connectivity index is 1.11. The number of anilines is 1.